The molecule has 0 radical (unpaired) electrons. The van der Waals surface area contributed by atoms with Crippen LogP contribution in [-0.2, 0) is 4.74 Å². The highest BCUT2D eigenvalue weighted by Gasteiger charge is 2.30. The maximum Gasteiger partial charge on any atom is 0.339 e. The van der Waals surface area contributed by atoms with Crippen molar-refractivity contribution in [1.29, 1.82) is 0 Å². The summed E-state index contributed by atoms with van der Waals surface area (Å²) in [5, 5.41) is 5.05. The monoisotopic (exact) mass is 848 g/mol. The third kappa shape index (κ3) is 11.5. The van der Waals surface area contributed by atoms with Gasteiger partial charge in [-0.1, -0.05) is 86.3 Å². The average molecular weight is 851 g/mol. The second kappa shape index (κ2) is 18.7. The van der Waals surface area contributed by atoms with Gasteiger partial charge in [0.1, 0.15) is 0 Å². The number of hydrogen-bond acceptors (Lipinski definition) is 6. The van der Waals surface area contributed by atoms with Crippen LogP contribution in [0.5, 0.6) is 0 Å². The van der Waals surface area contributed by atoms with Crippen LogP contribution < -0.4 is 10.2 Å². The highest BCUT2D eigenvalue weighted by molar-refractivity contribution is 9.10. The topological polar surface area (TPSA) is 48.1 Å². The number of nitrogens with one attached hydrogen (secondary N) is 1. The lowest BCUT2D eigenvalue weighted by molar-refractivity contribution is 0.0599. The Morgan fingerprint density at radius 3 is 1.64 bits per heavy atom. The van der Waals surface area contributed by atoms with Crippen LogP contribution in [0.15, 0.2) is 82.3 Å². The summed E-state index contributed by atoms with van der Waals surface area (Å²) < 4.78 is 5.62. The van der Waals surface area contributed by atoms with Crippen molar-refractivity contribution in [1.82, 2.24) is 15.1 Å². The lowest BCUT2D eigenvalue weighted by Crippen LogP contribution is -2.47. The lowest BCUT2D eigenvalue weighted by Gasteiger charge is -2.39. The van der Waals surface area contributed by atoms with Crippen molar-refractivity contribution in [2.75, 3.05) is 77.5 Å². The molecule has 0 spiro atoms. The van der Waals surface area contributed by atoms with E-state index in [4.69, 9.17) is 27.9 Å². The number of nitrogens with zero attached hydrogens (tertiary/aromatic N) is 3. The Morgan fingerprint density at radius 2 is 1.18 bits per heavy atom. The molecule has 0 atom stereocenters. The molecule has 2 heterocycles. The van der Waals surface area contributed by atoms with Crippen molar-refractivity contribution in [2.24, 2.45) is 10.8 Å². The van der Waals surface area contributed by atoms with E-state index in [1.165, 1.54) is 62.6 Å². The van der Waals surface area contributed by atoms with Crippen LogP contribution in [0.4, 0.5) is 5.69 Å². The number of ether oxygens (including phenoxy) is 1. The normalized spacial score (nSPS) is 20.5. The summed E-state index contributed by atoms with van der Waals surface area (Å²) in [7, 11) is 1.41. The number of allylic oxidation sites excluding steroid dienone is 2. The van der Waals surface area contributed by atoms with Crippen LogP contribution in [0.3, 0.4) is 0 Å². The molecular weight excluding hydrogens is 791 g/mol. The lowest BCUT2D eigenvalue weighted by atomic mass is 9.72. The van der Waals surface area contributed by atoms with Crippen LogP contribution in [-0.4, -0.2) is 88.3 Å². The molecule has 0 bridgehead atoms. The Kier molecular flexibility index (Phi) is 14.3. The summed E-state index contributed by atoms with van der Waals surface area (Å²) in [6.45, 7) is 20.3. The molecular formula is C46H59BrCl2N4O2. The molecule has 3 aromatic carbocycles. The predicted molar refractivity (Wildman–Crippen MR) is 235 cm³/mol. The fraction of sp³-hybridized carbons (Fsp3) is 0.500. The smallest absolute Gasteiger partial charge is 0.339 e. The first kappa shape index (κ1) is 42.0. The number of rotatable bonds is 8. The molecule has 7 rings (SSSR count). The van der Waals surface area contributed by atoms with Gasteiger partial charge in [0, 0.05) is 85.7 Å². The minimum atomic E-state index is -0.321. The van der Waals surface area contributed by atoms with Gasteiger partial charge in [0.15, 0.2) is 0 Å². The van der Waals surface area contributed by atoms with Crippen molar-refractivity contribution in [2.45, 2.75) is 66.2 Å². The van der Waals surface area contributed by atoms with E-state index in [9.17, 15) is 4.79 Å². The molecule has 296 valence electrons. The van der Waals surface area contributed by atoms with Crippen LogP contribution in [0.2, 0.25) is 10.0 Å². The Hall–Kier alpha value is -2.65. The zero-order valence-corrected chi connectivity index (χ0v) is 36.6. The van der Waals surface area contributed by atoms with E-state index in [-0.39, 0.29) is 5.97 Å². The minimum absolute atomic E-state index is 0.321. The van der Waals surface area contributed by atoms with E-state index in [0.717, 1.165) is 85.4 Å². The fourth-order valence-corrected chi connectivity index (χ4v) is 9.26. The number of esters is 1. The van der Waals surface area contributed by atoms with Crippen molar-refractivity contribution in [3.63, 3.8) is 0 Å². The molecule has 1 N–H and O–H groups in total. The van der Waals surface area contributed by atoms with E-state index in [1.54, 1.807) is 16.7 Å². The van der Waals surface area contributed by atoms with Crippen molar-refractivity contribution >= 4 is 61.9 Å². The van der Waals surface area contributed by atoms with Crippen LogP contribution in [0, 0.1) is 10.8 Å². The SMILES string of the molecule is CC1(C)CCC(CN2CCNCC2)=C(c2ccc(Cl)cc2)C1.COC(=O)c1ccc(N2CCN(CC3=C(c4ccc(Cl)cc4)CC(C)(C)CC3)CC2)cc1Br. The third-order valence-corrected chi connectivity index (χ3v) is 13.1. The first-order chi connectivity index (χ1) is 26.3. The average Bonchev–Trinajstić information content (AvgIpc) is 3.17. The van der Waals surface area contributed by atoms with Gasteiger partial charge in [-0.25, -0.2) is 4.79 Å². The standard InChI is InChI=1S/C27H32BrClN2O2.C19H27ClN2/c1-27(2)11-10-20(24(17-27)19-4-6-21(29)7-5-19)18-30-12-14-31(15-13-30)22-8-9-23(25(28)16-22)26(32)33-3;1-19(2)8-7-16(14-22-11-9-21-10-12-22)18(13-19)15-3-5-17(20)6-4-15/h4-9,16H,10-15,17-18H2,1-3H3;3-6,21H,7-14H2,1-2H3. The molecule has 0 saturated carbocycles. The molecule has 9 heteroatoms. The summed E-state index contributed by atoms with van der Waals surface area (Å²) in [6, 6.07) is 22.7. The molecule has 55 heavy (non-hydrogen) atoms. The van der Waals surface area contributed by atoms with E-state index in [2.05, 4.69) is 87.9 Å². The molecule has 2 saturated heterocycles. The number of hydrogen-bond donors (Lipinski definition) is 1. The Balaban J connectivity index is 0.000000203. The molecule has 6 nitrogen and oxygen atoms in total. The van der Waals surface area contributed by atoms with Gasteiger partial charge in [-0.3, -0.25) is 9.80 Å². The van der Waals surface area contributed by atoms with Gasteiger partial charge in [0.05, 0.1) is 12.7 Å². The summed E-state index contributed by atoms with van der Waals surface area (Å²) in [5.74, 6) is -0.321. The minimum Gasteiger partial charge on any atom is -0.465 e. The Bertz CT molecular complexity index is 1840. The number of piperazine rings is 2. The number of halogens is 3. The largest absolute Gasteiger partial charge is 0.465 e. The summed E-state index contributed by atoms with van der Waals surface area (Å²) >= 11 is 15.7. The molecule has 2 aliphatic heterocycles. The molecule has 3 aromatic rings. The van der Waals surface area contributed by atoms with Gasteiger partial charge in [0.25, 0.3) is 0 Å². The highest BCUT2D eigenvalue weighted by Crippen LogP contribution is 2.44. The van der Waals surface area contributed by atoms with E-state index in [1.807, 2.05) is 42.5 Å². The zero-order valence-electron chi connectivity index (χ0n) is 33.5. The van der Waals surface area contributed by atoms with E-state index >= 15 is 0 Å². The number of benzene rings is 3. The highest BCUT2D eigenvalue weighted by atomic mass is 79.9. The van der Waals surface area contributed by atoms with Gasteiger partial charge >= 0.3 is 5.97 Å². The summed E-state index contributed by atoms with van der Waals surface area (Å²) in [5.41, 5.74) is 11.4. The van der Waals surface area contributed by atoms with E-state index in [0.29, 0.717) is 16.4 Å². The van der Waals surface area contributed by atoms with Gasteiger partial charge in [-0.2, -0.15) is 0 Å². The summed E-state index contributed by atoms with van der Waals surface area (Å²) in [6.07, 6.45) is 7.22. The molecule has 2 fully saturated rings. The number of anilines is 1. The van der Waals surface area contributed by atoms with Crippen LogP contribution >= 0.6 is 39.1 Å². The first-order valence-electron chi connectivity index (χ1n) is 20.0. The maximum atomic E-state index is 11.9. The number of carbonyl (C=O) groups is 1. The van der Waals surface area contributed by atoms with Crippen molar-refractivity contribution < 1.29 is 9.53 Å². The molecule has 2 aliphatic carbocycles. The van der Waals surface area contributed by atoms with Gasteiger partial charge in [-0.15, -0.1) is 0 Å². The van der Waals surface area contributed by atoms with Crippen molar-refractivity contribution in [3.05, 3.63) is 109 Å². The van der Waals surface area contributed by atoms with Crippen molar-refractivity contribution in [3.8, 4) is 0 Å². The van der Waals surface area contributed by atoms with Gasteiger partial charge in [0.2, 0.25) is 0 Å². The van der Waals surface area contributed by atoms with Crippen LogP contribution in [0.1, 0.15) is 87.7 Å². The van der Waals surface area contributed by atoms with Gasteiger partial charge in [-0.05, 0) is 130 Å². The first-order valence-corrected chi connectivity index (χ1v) is 21.6. The number of carbonyl (C=O) groups excluding carboxylic acids is 1. The molecule has 0 unspecified atom stereocenters. The third-order valence-electron chi connectivity index (χ3n) is 11.9. The molecule has 4 aliphatic rings. The fourth-order valence-electron chi connectivity index (χ4n) is 8.48. The van der Waals surface area contributed by atoms with Gasteiger partial charge < -0.3 is 15.0 Å². The van der Waals surface area contributed by atoms with Crippen LogP contribution in [0.25, 0.3) is 11.1 Å². The van der Waals surface area contributed by atoms with E-state index < -0.39 is 0 Å². The second-order valence-electron chi connectivity index (χ2n) is 17.3. The second-order valence-corrected chi connectivity index (χ2v) is 19.0. The molecule has 0 amide bonds. The predicted octanol–water partition coefficient (Wildman–Crippen LogP) is 10.9. The number of methoxy groups -OCH3 is 1. The summed E-state index contributed by atoms with van der Waals surface area (Å²) in [4.78, 5) is 19.4. The Labute approximate surface area is 348 Å². The zero-order chi connectivity index (χ0) is 39.2. The quantitative estimate of drug-likeness (QED) is 0.228. The Morgan fingerprint density at radius 1 is 0.709 bits per heavy atom. The maximum absolute atomic E-state index is 11.9. The molecule has 0 aromatic heterocycles.